The van der Waals surface area contributed by atoms with E-state index < -0.39 is 12.6 Å². The summed E-state index contributed by atoms with van der Waals surface area (Å²) in [5.74, 6) is 2.71. The minimum absolute atomic E-state index is 0.294. The number of hydrogen-bond acceptors (Lipinski definition) is 5. The molecule has 0 N–H and O–H groups in total. The van der Waals surface area contributed by atoms with Crippen molar-refractivity contribution in [1.29, 1.82) is 0 Å². The second-order valence-electron chi connectivity index (χ2n) is 5.72. The third-order valence-electron chi connectivity index (χ3n) is 3.98. The van der Waals surface area contributed by atoms with Gasteiger partial charge in [-0.15, -0.1) is 6.42 Å². The average Bonchev–Trinajstić information content (AvgIpc) is 2.70. The lowest BCUT2D eigenvalue weighted by atomic mass is 10.2. The number of terminal acetylenes is 1. The normalized spacial score (nSPS) is 14.2. The molecule has 0 bridgehead atoms. The summed E-state index contributed by atoms with van der Waals surface area (Å²) in [4.78, 5) is 15.1. The fourth-order valence-corrected chi connectivity index (χ4v) is 2.64. The van der Waals surface area contributed by atoms with Gasteiger partial charge >= 0.3 is 0 Å². The highest BCUT2D eigenvalue weighted by Gasteiger charge is 2.21. The maximum absolute atomic E-state index is 12.4. The topological polar surface area (TPSA) is 51.2 Å². The quantitative estimate of drug-likeness (QED) is 0.463. The van der Waals surface area contributed by atoms with Crippen LogP contribution in [-0.2, 0) is 14.3 Å². The van der Waals surface area contributed by atoms with E-state index >= 15 is 0 Å². The Morgan fingerprint density at radius 1 is 1.12 bits per heavy atom. The summed E-state index contributed by atoms with van der Waals surface area (Å²) in [5.41, 5.74) is 1.03. The zero-order chi connectivity index (χ0) is 18.6. The minimum Gasteiger partial charge on any atom is -0.491 e. The Kier molecular flexibility index (Phi) is 8.73. The second kappa shape index (κ2) is 11.3. The number of benzene rings is 1. The van der Waals surface area contributed by atoms with Gasteiger partial charge in [-0.1, -0.05) is 12.0 Å². The van der Waals surface area contributed by atoms with Gasteiger partial charge in [-0.2, -0.15) is 0 Å². The monoisotopic (exact) mass is 364 g/mol. The van der Waals surface area contributed by atoms with Crippen LogP contribution in [-0.4, -0.2) is 76.7 Å². The van der Waals surface area contributed by atoms with E-state index in [1.807, 2.05) is 24.3 Å². The molecule has 1 amide bonds. The van der Waals surface area contributed by atoms with Gasteiger partial charge in [0, 0.05) is 37.9 Å². The van der Waals surface area contributed by atoms with Gasteiger partial charge in [-0.3, -0.25) is 4.79 Å². The summed E-state index contributed by atoms with van der Waals surface area (Å²) in [6.07, 6.45) is 5.08. The van der Waals surface area contributed by atoms with Gasteiger partial charge in [0.1, 0.15) is 19.0 Å². The van der Waals surface area contributed by atoms with E-state index in [-0.39, 0.29) is 0 Å². The zero-order valence-corrected chi connectivity index (χ0v) is 14.9. The largest absolute Gasteiger partial charge is 0.491 e. The summed E-state index contributed by atoms with van der Waals surface area (Å²) in [6, 6.07) is 7.78. The van der Waals surface area contributed by atoms with Crippen LogP contribution in [0.1, 0.15) is 0 Å². The molecule has 1 fully saturated rings. The standard InChI is InChI=1S/C19H25FN2O4/c1-2-10-24-11-12-25-13-14-26-18-5-3-4-17(15-18)21-6-8-22(9-7-21)19(23)16-20/h1,3-5,15H,6-14,16H2. The lowest BCUT2D eigenvalue weighted by Crippen LogP contribution is -2.49. The summed E-state index contributed by atoms with van der Waals surface area (Å²) in [6.45, 7) is 3.64. The molecular weight excluding hydrogens is 339 g/mol. The molecule has 1 aliphatic rings. The number of amides is 1. The first-order valence-corrected chi connectivity index (χ1v) is 8.65. The van der Waals surface area contributed by atoms with Gasteiger partial charge < -0.3 is 24.0 Å². The van der Waals surface area contributed by atoms with Gasteiger partial charge in [-0.05, 0) is 12.1 Å². The van der Waals surface area contributed by atoms with Crippen LogP contribution in [0.5, 0.6) is 5.75 Å². The van der Waals surface area contributed by atoms with Gasteiger partial charge in [0.2, 0.25) is 0 Å². The number of anilines is 1. The number of carbonyl (C=O) groups excluding carboxylic acids is 1. The van der Waals surface area contributed by atoms with Crippen LogP contribution in [0.2, 0.25) is 0 Å². The van der Waals surface area contributed by atoms with E-state index in [1.54, 1.807) is 4.90 Å². The Bertz CT molecular complexity index is 597. The number of alkyl halides is 1. The second-order valence-corrected chi connectivity index (χ2v) is 5.72. The van der Waals surface area contributed by atoms with Crippen LogP contribution in [0, 0.1) is 12.3 Å². The van der Waals surface area contributed by atoms with Crippen molar-refractivity contribution in [2.24, 2.45) is 0 Å². The molecule has 0 spiro atoms. The fourth-order valence-electron chi connectivity index (χ4n) is 2.64. The molecule has 0 radical (unpaired) electrons. The molecular formula is C19H25FN2O4. The summed E-state index contributed by atoms with van der Waals surface area (Å²) >= 11 is 0. The molecule has 1 aliphatic heterocycles. The molecule has 7 heteroatoms. The van der Waals surface area contributed by atoms with E-state index in [0.29, 0.717) is 59.2 Å². The molecule has 6 nitrogen and oxygen atoms in total. The Hall–Kier alpha value is -2.30. The molecule has 2 rings (SSSR count). The smallest absolute Gasteiger partial charge is 0.254 e. The molecule has 0 unspecified atom stereocenters. The Morgan fingerprint density at radius 3 is 2.58 bits per heavy atom. The van der Waals surface area contributed by atoms with Crippen molar-refractivity contribution < 1.29 is 23.4 Å². The van der Waals surface area contributed by atoms with E-state index in [9.17, 15) is 9.18 Å². The van der Waals surface area contributed by atoms with Gasteiger partial charge in [0.25, 0.3) is 5.91 Å². The number of piperazine rings is 1. The molecule has 1 saturated heterocycles. The van der Waals surface area contributed by atoms with Crippen LogP contribution >= 0.6 is 0 Å². The lowest BCUT2D eigenvalue weighted by Gasteiger charge is -2.35. The fraction of sp³-hybridized carbons (Fsp3) is 0.526. The summed E-state index contributed by atoms with van der Waals surface area (Å²) in [7, 11) is 0. The first-order chi connectivity index (χ1) is 12.7. The number of halogens is 1. The highest BCUT2D eigenvalue weighted by molar-refractivity contribution is 5.77. The maximum Gasteiger partial charge on any atom is 0.254 e. The molecule has 1 aromatic rings. The number of rotatable bonds is 10. The number of nitrogens with zero attached hydrogens (tertiary/aromatic N) is 2. The first kappa shape index (κ1) is 20.0. The number of hydrogen-bond donors (Lipinski definition) is 0. The molecule has 0 atom stereocenters. The van der Waals surface area contributed by atoms with Crippen molar-refractivity contribution in [3.8, 4) is 18.1 Å². The molecule has 0 aliphatic carbocycles. The average molecular weight is 364 g/mol. The predicted octanol–water partition coefficient (Wildman–Crippen LogP) is 1.35. The van der Waals surface area contributed by atoms with Gasteiger partial charge in [0.05, 0.1) is 19.8 Å². The summed E-state index contributed by atoms with van der Waals surface area (Å²) in [5, 5.41) is 0. The molecule has 0 aromatic heterocycles. The molecule has 1 heterocycles. The zero-order valence-electron chi connectivity index (χ0n) is 14.9. The van der Waals surface area contributed by atoms with Crippen molar-refractivity contribution in [2.45, 2.75) is 0 Å². The first-order valence-electron chi connectivity index (χ1n) is 8.65. The van der Waals surface area contributed by atoms with Crippen LogP contribution in [0.3, 0.4) is 0 Å². The van der Waals surface area contributed by atoms with Crippen LogP contribution < -0.4 is 9.64 Å². The Labute approximate surface area is 153 Å². The molecule has 0 saturated carbocycles. The molecule has 142 valence electrons. The van der Waals surface area contributed by atoms with Crippen molar-refractivity contribution >= 4 is 11.6 Å². The van der Waals surface area contributed by atoms with Crippen LogP contribution in [0.15, 0.2) is 24.3 Å². The molecule has 26 heavy (non-hydrogen) atoms. The minimum atomic E-state index is -0.929. The highest BCUT2D eigenvalue weighted by atomic mass is 19.1. The predicted molar refractivity (Wildman–Crippen MR) is 97.2 cm³/mol. The third kappa shape index (κ3) is 6.54. The van der Waals surface area contributed by atoms with Gasteiger partial charge in [0.15, 0.2) is 6.67 Å². The van der Waals surface area contributed by atoms with Crippen LogP contribution in [0.25, 0.3) is 0 Å². The number of ether oxygens (including phenoxy) is 3. The van der Waals surface area contributed by atoms with Crippen molar-refractivity contribution in [3.05, 3.63) is 24.3 Å². The van der Waals surface area contributed by atoms with Crippen molar-refractivity contribution in [3.63, 3.8) is 0 Å². The summed E-state index contributed by atoms with van der Waals surface area (Å²) < 4.78 is 28.7. The van der Waals surface area contributed by atoms with E-state index in [4.69, 9.17) is 20.6 Å². The SMILES string of the molecule is C#CCOCCOCCOc1cccc(N2CCN(C(=O)CF)CC2)c1. The van der Waals surface area contributed by atoms with E-state index in [1.165, 1.54) is 0 Å². The van der Waals surface area contributed by atoms with E-state index in [2.05, 4.69) is 10.8 Å². The Morgan fingerprint density at radius 2 is 1.85 bits per heavy atom. The highest BCUT2D eigenvalue weighted by Crippen LogP contribution is 2.22. The maximum atomic E-state index is 12.4. The number of carbonyl (C=O) groups is 1. The lowest BCUT2D eigenvalue weighted by molar-refractivity contribution is -0.132. The Balaban J connectivity index is 1.70. The van der Waals surface area contributed by atoms with Crippen LogP contribution in [0.4, 0.5) is 10.1 Å². The van der Waals surface area contributed by atoms with Crippen molar-refractivity contribution in [1.82, 2.24) is 4.90 Å². The molecule has 1 aromatic carbocycles. The third-order valence-corrected chi connectivity index (χ3v) is 3.98. The van der Waals surface area contributed by atoms with Crippen molar-refractivity contribution in [2.75, 3.05) is 70.8 Å². The van der Waals surface area contributed by atoms with E-state index in [0.717, 1.165) is 11.4 Å². The van der Waals surface area contributed by atoms with Gasteiger partial charge in [-0.25, -0.2) is 4.39 Å².